The van der Waals surface area contributed by atoms with Crippen LogP contribution in [0, 0.1) is 0 Å². The van der Waals surface area contributed by atoms with Gasteiger partial charge in [0.2, 0.25) is 0 Å². The molecule has 1 aromatic carbocycles. The molecule has 0 spiro atoms. The first kappa shape index (κ1) is 25.8. The minimum absolute atomic E-state index is 0.197. The molecule has 10 heteroatoms. The lowest BCUT2D eigenvalue weighted by atomic mass is 9.94. The molecule has 1 aliphatic heterocycles. The van der Waals surface area contributed by atoms with Crippen molar-refractivity contribution in [3.05, 3.63) is 44.9 Å². The van der Waals surface area contributed by atoms with Crippen molar-refractivity contribution in [1.82, 2.24) is 0 Å². The molecule has 1 aromatic rings. The zero-order valence-electron chi connectivity index (χ0n) is 17.5. The highest BCUT2D eigenvalue weighted by atomic mass is 32.2. The van der Waals surface area contributed by atoms with Gasteiger partial charge in [0.1, 0.15) is 5.44 Å². The van der Waals surface area contributed by atoms with Crippen LogP contribution in [0.4, 0.5) is 13.2 Å². The van der Waals surface area contributed by atoms with E-state index in [9.17, 15) is 17.7 Å². The molecular weight excluding hydrogens is 456 g/mol. The zero-order valence-corrected chi connectivity index (χ0v) is 20.1. The summed E-state index contributed by atoms with van der Waals surface area (Å²) < 4.78 is 70.8. The maximum atomic E-state index is 13.8. The van der Waals surface area contributed by atoms with Gasteiger partial charge in [-0.05, 0) is 50.6 Å². The Morgan fingerprint density at radius 2 is 1.67 bits per heavy atom. The largest absolute Gasteiger partial charge is 0.416 e. The molecule has 0 saturated heterocycles. The van der Waals surface area contributed by atoms with E-state index in [4.69, 9.17) is 13.8 Å². The predicted octanol–water partition coefficient (Wildman–Crippen LogP) is 7.48. The third kappa shape index (κ3) is 6.30. The molecule has 0 fully saturated rings. The molecule has 0 aromatic heterocycles. The number of hydrogen-bond acceptors (Lipinski definition) is 6. The molecule has 170 valence electrons. The topological polar surface area (TPSA) is 44.8 Å². The average Bonchev–Trinajstić information content (AvgIpc) is 2.68. The molecule has 0 aliphatic carbocycles. The third-order valence-electron chi connectivity index (χ3n) is 4.37. The van der Waals surface area contributed by atoms with Crippen molar-refractivity contribution in [3.63, 3.8) is 0 Å². The second-order valence-electron chi connectivity index (χ2n) is 6.35. The lowest BCUT2D eigenvalue weighted by Crippen LogP contribution is -2.22. The first-order chi connectivity index (χ1) is 14.2. The van der Waals surface area contributed by atoms with Gasteiger partial charge in [-0.2, -0.15) is 13.2 Å². The van der Waals surface area contributed by atoms with Crippen LogP contribution in [0.5, 0.6) is 0 Å². The fraction of sp³-hybridized carbons (Fsp3) is 0.600. The van der Waals surface area contributed by atoms with Gasteiger partial charge in [-0.25, -0.2) is 0 Å². The molecule has 0 radical (unpaired) electrons. The van der Waals surface area contributed by atoms with Crippen LogP contribution in [-0.2, 0) is 24.5 Å². The summed E-state index contributed by atoms with van der Waals surface area (Å²) in [6.45, 7) is 8.26. The van der Waals surface area contributed by atoms with Gasteiger partial charge >= 0.3 is 13.8 Å². The molecule has 1 heterocycles. The van der Waals surface area contributed by atoms with Gasteiger partial charge < -0.3 is 13.8 Å². The Morgan fingerprint density at radius 3 is 2.13 bits per heavy atom. The highest BCUT2D eigenvalue weighted by molar-refractivity contribution is 8.22. The zero-order chi connectivity index (χ0) is 22.4. The molecular formula is C20H28F3O4PS2. The fourth-order valence-corrected chi connectivity index (χ4v) is 8.63. The number of halogens is 3. The van der Waals surface area contributed by atoms with Gasteiger partial charge in [0, 0.05) is 12.5 Å². The number of rotatable bonds is 10. The second-order valence-corrected chi connectivity index (χ2v) is 11.0. The van der Waals surface area contributed by atoms with Crippen LogP contribution in [0.2, 0.25) is 0 Å². The van der Waals surface area contributed by atoms with E-state index < -0.39 is 25.3 Å². The average molecular weight is 485 g/mol. The summed E-state index contributed by atoms with van der Waals surface area (Å²) in [5.41, 5.74) is -0.280. The highest BCUT2D eigenvalue weighted by Crippen LogP contribution is 2.67. The van der Waals surface area contributed by atoms with Gasteiger partial charge in [0.15, 0.2) is 0 Å². The van der Waals surface area contributed by atoms with Gasteiger partial charge in [-0.3, -0.25) is 4.57 Å². The molecule has 1 aliphatic rings. The lowest BCUT2D eigenvalue weighted by Gasteiger charge is -2.35. The van der Waals surface area contributed by atoms with E-state index in [0.717, 1.165) is 22.1 Å². The summed E-state index contributed by atoms with van der Waals surface area (Å²) in [4.78, 5) is 0. The Morgan fingerprint density at radius 1 is 1.07 bits per heavy atom. The Hall–Kier alpha value is -0.440. The standard InChI is InChI=1S/C20H28F3O4PS2/c1-5-25-17-13-16(14-9-11-15(12-10-14)20(21,22)23)18(19(30-17)29-8-4)28(24,26-6-2)27-7-3/h9-12,16-17H,5-8,13H2,1-4H3/t16-,17-/m1/s1. The van der Waals surface area contributed by atoms with E-state index in [2.05, 4.69) is 0 Å². The Bertz CT molecular complexity index is 758. The second kappa shape index (κ2) is 11.4. The van der Waals surface area contributed by atoms with Crippen LogP contribution < -0.4 is 0 Å². The van der Waals surface area contributed by atoms with Crippen LogP contribution >= 0.6 is 31.1 Å². The molecule has 4 nitrogen and oxygen atoms in total. The molecule has 0 bridgehead atoms. The quantitative estimate of drug-likeness (QED) is 0.321. The number of ether oxygens (including phenoxy) is 1. The maximum absolute atomic E-state index is 13.8. The number of hydrogen-bond donors (Lipinski definition) is 0. The van der Waals surface area contributed by atoms with Gasteiger partial charge in [-0.1, -0.05) is 30.8 Å². The Labute approximate surface area is 184 Å². The van der Waals surface area contributed by atoms with Gasteiger partial charge in [-0.15, -0.1) is 11.8 Å². The maximum Gasteiger partial charge on any atom is 0.416 e. The summed E-state index contributed by atoms with van der Waals surface area (Å²) in [5, 5.41) is 0.527. The van der Waals surface area contributed by atoms with E-state index in [0.29, 0.717) is 23.9 Å². The first-order valence-corrected chi connectivity index (χ1v) is 13.3. The molecule has 2 atom stereocenters. The summed E-state index contributed by atoms with van der Waals surface area (Å²) in [5.74, 6) is 0.311. The van der Waals surface area contributed by atoms with Crippen LogP contribution in [0.25, 0.3) is 0 Å². The number of benzene rings is 1. The van der Waals surface area contributed by atoms with Crippen molar-refractivity contribution >= 4 is 31.1 Å². The van der Waals surface area contributed by atoms with Crippen molar-refractivity contribution in [3.8, 4) is 0 Å². The number of allylic oxidation sites excluding steroid dienone is 1. The summed E-state index contributed by atoms with van der Waals surface area (Å²) in [7, 11) is -3.63. The fourth-order valence-electron chi connectivity index (χ4n) is 3.22. The van der Waals surface area contributed by atoms with Crippen LogP contribution in [-0.4, -0.2) is 31.0 Å². The Kier molecular flexibility index (Phi) is 9.84. The summed E-state index contributed by atoms with van der Waals surface area (Å²) in [6.07, 6.45) is -3.94. The van der Waals surface area contributed by atoms with E-state index in [-0.39, 0.29) is 18.6 Å². The number of thioether (sulfide) groups is 2. The van der Waals surface area contributed by atoms with Crippen molar-refractivity contribution in [2.45, 2.75) is 51.6 Å². The molecule has 2 rings (SSSR count). The normalized spacial score (nSPS) is 20.6. The SMILES string of the molecule is CCO[C@H]1C[C@H](c2ccc(C(F)(F)F)cc2)C(P(=O)(OCC)OCC)=C(SCC)S1. The molecule has 0 N–H and O–H groups in total. The number of alkyl halides is 3. The van der Waals surface area contributed by atoms with Crippen LogP contribution in [0.15, 0.2) is 33.8 Å². The third-order valence-corrected chi connectivity index (χ3v) is 9.43. The summed E-state index contributed by atoms with van der Waals surface area (Å²) in [6, 6.07) is 5.01. The van der Waals surface area contributed by atoms with E-state index in [1.807, 2.05) is 13.8 Å². The predicted molar refractivity (Wildman–Crippen MR) is 118 cm³/mol. The minimum atomic E-state index is -4.41. The molecule has 30 heavy (non-hydrogen) atoms. The van der Waals surface area contributed by atoms with Crippen molar-refractivity contribution in [2.24, 2.45) is 0 Å². The molecule has 0 unspecified atom stereocenters. The van der Waals surface area contributed by atoms with E-state index >= 15 is 0 Å². The van der Waals surface area contributed by atoms with Crippen LogP contribution in [0.1, 0.15) is 51.2 Å². The van der Waals surface area contributed by atoms with Crippen molar-refractivity contribution in [2.75, 3.05) is 25.6 Å². The highest BCUT2D eigenvalue weighted by Gasteiger charge is 2.43. The molecule has 0 saturated carbocycles. The smallest absolute Gasteiger partial charge is 0.367 e. The first-order valence-electron chi connectivity index (χ1n) is 9.92. The minimum Gasteiger partial charge on any atom is -0.367 e. The monoisotopic (exact) mass is 484 g/mol. The van der Waals surface area contributed by atoms with Crippen molar-refractivity contribution in [1.29, 1.82) is 0 Å². The molecule has 0 amide bonds. The Balaban J connectivity index is 2.61. The van der Waals surface area contributed by atoms with Gasteiger partial charge in [0.05, 0.1) is 28.3 Å². The van der Waals surface area contributed by atoms with E-state index in [1.54, 1.807) is 13.8 Å². The van der Waals surface area contributed by atoms with E-state index in [1.165, 1.54) is 35.7 Å². The van der Waals surface area contributed by atoms with Crippen molar-refractivity contribution < 1.29 is 31.5 Å². The van der Waals surface area contributed by atoms with Crippen LogP contribution in [0.3, 0.4) is 0 Å². The lowest BCUT2D eigenvalue weighted by molar-refractivity contribution is -0.137. The van der Waals surface area contributed by atoms with Gasteiger partial charge in [0.25, 0.3) is 0 Å². The summed E-state index contributed by atoms with van der Waals surface area (Å²) >= 11 is 3.01.